The van der Waals surface area contributed by atoms with E-state index >= 15 is 0 Å². The zero-order valence-electron chi connectivity index (χ0n) is 25.5. The molecule has 13 heteroatoms. The number of hydrogen-bond donors (Lipinski definition) is 3. The lowest BCUT2D eigenvalue weighted by Gasteiger charge is -2.20. The van der Waals surface area contributed by atoms with Crippen molar-refractivity contribution in [3.63, 3.8) is 0 Å². The lowest BCUT2D eigenvalue weighted by atomic mass is 10.1. The van der Waals surface area contributed by atoms with E-state index in [1.807, 2.05) is 39.6 Å². The van der Waals surface area contributed by atoms with Gasteiger partial charge in [0.05, 0.1) is 31.6 Å². The quantitative estimate of drug-likeness (QED) is 0.218. The number of carbonyl (C=O) groups is 3. The SMILES string of the molecule is CC(C)CCOC(=O)CCC(NC(=O)c1ccc(N(C)Cc2cnc3nc(N)nc(N)c3n2)cc1)C(=O)OCCC(C)C. The van der Waals surface area contributed by atoms with Gasteiger partial charge < -0.3 is 31.2 Å². The Kier molecular flexibility index (Phi) is 12.0. The van der Waals surface area contributed by atoms with Crippen LogP contribution in [0.2, 0.25) is 0 Å². The minimum absolute atomic E-state index is 0.0190. The number of fused-ring (bicyclic) bond motifs is 1. The van der Waals surface area contributed by atoms with Gasteiger partial charge in [-0.1, -0.05) is 27.7 Å². The highest BCUT2D eigenvalue weighted by atomic mass is 16.5. The van der Waals surface area contributed by atoms with E-state index in [1.165, 1.54) is 0 Å². The molecule has 0 spiro atoms. The Morgan fingerprint density at radius 3 is 2.21 bits per heavy atom. The van der Waals surface area contributed by atoms with Crippen LogP contribution in [-0.2, 0) is 25.6 Å². The third-order valence-electron chi connectivity index (χ3n) is 6.60. The van der Waals surface area contributed by atoms with Crippen LogP contribution in [0.3, 0.4) is 0 Å². The van der Waals surface area contributed by atoms with Crippen LogP contribution in [0.1, 0.15) is 69.4 Å². The first kappa shape index (κ1) is 33.0. The molecule has 0 aliphatic heterocycles. The van der Waals surface area contributed by atoms with E-state index in [4.69, 9.17) is 20.9 Å². The highest BCUT2D eigenvalue weighted by molar-refractivity contribution is 5.97. The van der Waals surface area contributed by atoms with Crippen molar-refractivity contribution >= 4 is 46.5 Å². The summed E-state index contributed by atoms with van der Waals surface area (Å²) in [6.07, 6.45) is 3.09. The number of aromatic nitrogens is 4. The van der Waals surface area contributed by atoms with Crippen LogP contribution in [0.15, 0.2) is 30.5 Å². The number of rotatable bonds is 15. The maximum atomic E-state index is 13.1. The van der Waals surface area contributed by atoms with Gasteiger partial charge in [0.1, 0.15) is 6.04 Å². The van der Waals surface area contributed by atoms with Gasteiger partial charge in [-0.15, -0.1) is 0 Å². The summed E-state index contributed by atoms with van der Waals surface area (Å²) in [4.78, 5) is 56.8. The molecule has 0 radical (unpaired) electrons. The first-order valence-corrected chi connectivity index (χ1v) is 14.4. The maximum absolute atomic E-state index is 13.1. The smallest absolute Gasteiger partial charge is 0.328 e. The molecule has 1 aromatic carbocycles. The van der Waals surface area contributed by atoms with Crippen LogP contribution in [0, 0.1) is 11.8 Å². The molecule has 232 valence electrons. The molecule has 0 bridgehead atoms. The number of nitrogen functional groups attached to an aromatic ring is 2. The largest absolute Gasteiger partial charge is 0.466 e. The maximum Gasteiger partial charge on any atom is 0.328 e. The molecule has 2 heterocycles. The Hall–Kier alpha value is -4.55. The Bertz CT molecular complexity index is 1400. The summed E-state index contributed by atoms with van der Waals surface area (Å²) >= 11 is 0. The molecule has 1 atom stereocenters. The topological polar surface area (TPSA) is 189 Å². The van der Waals surface area contributed by atoms with Gasteiger partial charge in [0.2, 0.25) is 5.95 Å². The van der Waals surface area contributed by atoms with E-state index in [2.05, 4.69) is 25.3 Å². The molecule has 43 heavy (non-hydrogen) atoms. The number of carbonyl (C=O) groups excluding carboxylic acids is 3. The van der Waals surface area contributed by atoms with Crippen LogP contribution < -0.4 is 21.7 Å². The second-order valence-electron chi connectivity index (χ2n) is 11.2. The van der Waals surface area contributed by atoms with Gasteiger partial charge in [0.15, 0.2) is 17.0 Å². The number of ether oxygens (including phenoxy) is 2. The van der Waals surface area contributed by atoms with Gasteiger partial charge >= 0.3 is 11.9 Å². The number of anilines is 3. The van der Waals surface area contributed by atoms with Gasteiger partial charge in [0.25, 0.3) is 5.91 Å². The van der Waals surface area contributed by atoms with E-state index in [1.54, 1.807) is 30.5 Å². The number of nitrogens with one attached hydrogen (secondary N) is 1. The monoisotopic (exact) mass is 594 g/mol. The molecular weight excluding hydrogens is 552 g/mol. The molecule has 0 aliphatic rings. The Labute approximate surface area is 251 Å². The fourth-order valence-electron chi connectivity index (χ4n) is 3.99. The molecule has 2 aromatic heterocycles. The van der Waals surface area contributed by atoms with Crippen molar-refractivity contribution in [1.29, 1.82) is 0 Å². The number of nitrogens with two attached hydrogens (primary N) is 2. The lowest BCUT2D eigenvalue weighted by Crippen LogP contribution is -2.42. The fourth-order valence-corrected chi connectivity index (χ4v) is 3.99. The van der Waals surface area contributed by atoms with Crippen molar-refractivity contribution in [2.24, 2.45) is 11.8 Å². The molecule has 3 rings (SSSR count). The molecule has 0 aliphatic carbocycles. The third-order valence-corrected chi connectivity index (χ3v) is 6.60. The number of esters is 2. The predicted octanol–water partition coefficient (Wildman–Crippen LogP) is 3.28. The number of nitrogens with zero attached hydrogens (tertiary/aromatic N) is 5. The van der Waals surface area contributed by atoms with E-state index in [0.717, 1.165) is 12.1 Å². The zero-order valence-corrected chi connectivity index (χ0v) is 25.5. The van der Waals surface area contributed by atoms with E-state index in [-0.39, 0.29) is 31.2 Å². The van der Waals surface area contributed by atoms with Gasteiger partial charge in [-0.05, 0) is 55.4 Å². The van der Waals surface area contributed by atoms with E-state index < -0.39 is 23.9 Å². The van der Waals surface area contributed by atoms with Crippen LogP contribution in [0.4, 0.5) is 17.5 Å². The molecule has 5 N–H and O–H groups in total. The van der Waals surface area contributed by atoms with Crippen molar-refractivity contribution in [1.82, 2.24) is 25.3 Å². The second-order valence-corrected chi connectivity index (χ2v) is 11.2. The van der Waals surface area contributed by atoms with Crippen molar-refractivity contribution in [2.75, 3.05) is 36.6 Å². The molecule has 1 amide bonds. The summed E-state index contributed by atoms with van der Waals surface area (Å²) in [5.41, 5.74) is 14.0. The number of hydrogen-bond acceptors (Lipinski definition) is 12. The first-order valence-electron chi connectivity index (χ1n) is 14.4. The summed E-state index contributed by atoms with van der Waals surface area (Å²) < 4.78 is 10.7. The molecule has 0 saturated heterocycles. The van der Waals surface area contributed by atoms with Crippen molar-refractivity contribution in [2.45, 2.75) is 66.0 Å². The number of benzene rings is 1. The van der Waals surface area contributed by atoms with Gasteiger partial charge in [-0.2, -0.15) is 9.97 Å². The molecule has 13 nitrogen and oxygen atoms in total. The zero-order chi connectivity index (χ0) is 31.5. The molecule has 1 unspecified atom stereocenters. The minimum Gasteiger partial charge on any atom is -0.466 e. The van der Waals surface area contributed by atoms with Crippen LogP contribution in [0.5, 0.6) is 0 Å². The predicted molar refractivity (Wildman–Crippen MR) is 164 cm³/mol. The van der Waals surface area contributed by atoms with E-state index in [0.29, 0.717) is 53.8 Å². The van der Waals surface area contributed by atoms with Gasteiger partial charge in [0, 0.05) is 24.7 Å². The summed E-state index contributed by atoms with van der Waals surface area (Å²) in [5, 5.41) is 2.73. The summed E-state index contributed by atoms with van der Waals surface area (Å²) in [6, 6.07) is 5.89. The fraction of sp³-hybridized carbons (Fsp3) is 0.500. The Morgan fingerprint density at radius 2 is 1.56 bits per heavy atom. The van der Waals surface area contributed by atoms with E-state index in [9.17, 15) is 14.4 Å². The lowest BCUT2D eigenvalue weighted by molar-refractivity contribution is -0.147. The van der Waals surface area contributed by atoms with Crippen molar-refractivity contribution < 1.29 is 23.9 Å². The summed E-state index contributed by atoms with van der Waals surface area (Å²) in [6.45, 7) is 9.09. The standard InChI is InChI=1S/C30H42N8O5/c1-18(2)12-14-42-24(39)11-10-23(29(41)43-15-13-19(3)4)35-28(40)20-6-8-22(9-7-20)38(5)17-21-16-33-27-25(34-21)26(31)36-30(32)37-27/h6-9,16,18-19,23H,10-15,17H2,1-5H3,(H,35,40)(H4,31,32,33,36,37). The molecule has 3 aromatic rings. The normalized spacial score (nSPS) is 11.9. The average molecular weight is 595 g/mol. The van der Waals surface area contributed by atoms with Crippen molar-refractivity contribution in [3.8, 4) is 0 Å². The van der Waals surface area contributed by atoms with Gasteiger partial charge in [-0.3, -0.25) is 9.59 Å². The average Bonchev–Trinajstić information content (AvgIpc) is 2.95. The summed E-state index contributed by atoms with van der Waals surface area (Å²) in [7, 11) is 1.87. The first-order chi connectivity index (χ1) is 20.4. The number of amides is 1. The molecular formula is C30H42N8O5. The Morgan fingerprint density at radius 1 is 0.907 bits per heavy atom. The van der Waals surface area contributed by atoms with Crippen molar-refractivity contribution in [3.05, 3.63) is 41.7 Å². The summed E-state index contributed by atoms with van der Waals surface area (Å²) in [5.74, 6) is -0.508. The minimum atomic E-state index is -0.988. The van der Waals surface area contributed by atoms with Crippen LogP contribution in [-0.4, -0.2) is 64.1 Å². The third kappa shape index (κ3) is 10.3. The highest BCUT2D eigenvalue weighted by Crippen LogP contribution is 2.19. The van der Waals surface area contributed by atoms with Gasteiger partial charge in [-0.25, -0.2) is 14.8 Å². The molecule has 0 fully saturated rings. The molecule has 0 saturated carbocycles. The second kappa shape index (κ2) is 15.6. The highest BCUT2D eigenvalue weighted by Gasteiger charge is 2.24. The van der Waals surface area contributed by atoms with Crippen LogP contribution in [0.25, 0.3) is 11.2 Å². The Balaban J connectivity index is 1.63. The van der Waals surface area contributed by atoms with Crippen LogP contribution >= 0.6 is 0 Å².